The molecule has 2 aromatic heterocycles. The first-order valence-electron chi connectivity index (χ1n) is 11.1. The lowest BCUT2D eigenvalue weighted by Gasteiger charge is -2.24. The van der Waals surface area contributed by atoms with E-state index in [4.69, 9.17) is 0 Å². The van der Waals surface area contributed by atoms with Crippen LogP contribution in [-0.2, 0) is 4.79 Å². The average molecular weight is 446 g/mol. The van der Waals surface area contributed by atoms with Crippen molar-refractivity contribution in [1.29, 1.82) is 0 Å². The van der Waals surface area contributed by atoms with E-state index in [-0.39, 0.29) is 23.8 Å². The number of pyridine rings is 1. The monoisotopic (exact) mass is 445 g/mol. The van der Waals surface area contributed by atoms with E-state index in [2.05, 4.69) is 35.3 Å². The second-order valence-electron chi connectivity index (χ2n) is 8.19. The Labute approximate surface area is 193 Å². The third-order valence-corrected chi connectivity index (χ3v) is 6.03. The highest BCUT2D eigenvalue weighted by Crippen LogP contribution is 2.29. The molecular weight excluding hydrogens is 417 g/mol. The van der Waals surface area contributed by atoms with Crippen LogP contribution in [0.3, 0.4) is 0 Å². The quantitative estimate of drug-likeness (QED) is 0.417. The van der Waals surface area contributed by atoms with Gasteiger partial charge in [0.25, 0.3) is 0 Å². The molecule has 0 aliphatic heterocycles. The fourth-order valence-corrected chi connectivity index (χ4v) is 4.08. The first kappa shape index (κ1) is 22.6. The van der Waals surface area contributed by atoms with Crippen LogP contribution >= 0.6 is 0 Å². The molecule has 0 spiro atoms. The Kier molecular flexibility index (Phi) is 6.51. The highest BCUT2D eigenvalue weighted by molar-refractivity contribution is 5.89. The van der Waals surface area contributed by atoms with Crippen molar-refractivity contribution in [3.05, 3.63) is 83.9 Å². The fourth-order valence-electron chi connectivity index (χ4n) is 4.08. The molecule has 170 valence electrons. The molecule has 7 heteroatoms. The van der Waals surface area contributed by atoms with Gasteiger partial charge in [-0.25, -0.2) is 14.1 Å². The normalized spacial score (nSPS) is 13.1. The minimum Gasteiger partial charge on any atom is -0.303 e. The number of hydrogen-bond donors (Lipinski definition) is 1. The number of carbonyl (C=O) groups excluding carboxylic acids is 1. The van der Waals surface area contributed by atoms with Crippen molar-refractivity contribution in [1.82, 2.24) is 20.1 Å². The van der Waals surface area contributed by atoms with Gasteiger partial charge in [-0.3, -0.25) is 4.79 Å². The van der Waals surface area contributed by atoms with E-state index >= 15 is 0 Å². The molecule has 6 nitrogen and oxygen atoms in total. The van der Waals surface area contributed by atoms with Crippen LogP contribution in [0.4, 0.5) is 10.2 Å². The van der Waals surface area contributed by atoms with Crippen molar-refractivity contribution in [3.8, 4) is 5.69 Å². The Morgan fingerprint density at radius 2 is 1.94 bits per heavy atom. The maximum atomic E-state index is 13.4. The van der Waals surface area contributed by atoms with Crippen LogP contribution in [0.1, 0.15) is 50.4 Å². The van der Waals surface area contributed by atoms with Crippen molar-refractivity contribution < 1.29 is 9.18 Å². The number of anilines is 1. The van der Waals surface area contributed by atoms with Gasteiger partial charge in [-0.2, -0.15) is 5.10 Å². The molecule has 33 heavy (non-hydrogen) atoms. The van der Waals surface area contributed by atoms with E-state index in [0.717, 1.165) is 34.1 Å². The fraction of sp³-hybridized carbons (Fsp3) is 0.269. The summed E-state index contributed by atoms with van der Waals surface area (Å²) >= 11 is 0. The van der Waals surface area contributed by atoms with Crippen molar-refractivity contribution >= 4 is 22.6 Å². The highest BCUT2D eigenvalue weighted by Gasteiger charge is 2.19. The molecule has 0 aliphatic rings. The summed E-state index contributed by atoms with van der Waals surface area (Å²) in [6, 6.07) is 16.5. The summed E-state index contributed by atoms with van der Waals surface area (Å²) in [6.07, 6.45) is 4.48. The van der Waals surface area contributed by atoms with E-state index in [9.17, 15) is 9.18 Å². The third kappa shape index (κ3) is 4.64. The summed E-state index contributed by atoms with van der Waals surface area (Å²) in [5, 5.41) is 9.33. The van der Waals surface area contributed by atoms with E-state index < -0.39 is 0 Å². The smallest absolute Gasteiger partial charge is 0.224 e. The Morgan fingerprint density at radius 1 is 1.18 bits per heavy atom. The van der Waals surface area contributed by atoms with Gasteiger partial charge < -0.3 is 10.2 Å². The Morgan fingerprint density at radius 3 is 2.64 bits per heavy atom. The SMILES string of the molecule is CC[C@H](NC(C)c1cccc2c1cnn2-c1ccc(F)cc1)c1ccnc(N(C)C(C)=O)c1. The maximum Gasteiger partial charge on any atom is 0.224 e. The lowest BCUT2D eigenvalue weighted by atomic mass is 10.00. The van der Waals surface area contributed by atoms with Gasteiger partial charge in [0.15, 0.2) is 0 Å². The predicted octanol–water partition coefficient (Wildman–Crippen LogP) is 5.34. The molecule has 1 N–H and O–H groups in total. The lowest BCUT2D eigenvalue weighted by Crippen LogP contribution is -2.26. The largest absolute Gasteiger partial charge is 0.303 e. The van der Waals surface area contributed by atoms with E-state index in [1.165, 1.54) is 19.1 Å². The molecule has 2 heterocycles. The first-order chi connectivity index (χ1) is 15.9. The summed E-state index contributed by atoms with van der Waals surface area (Å²) in [5.74, 6) is 0.308. The molecule has 2 atom stereocenters. The number of nitrogens with one attached hydrogen (secondary N) is 1. The molecule has 0 bridgehead atoms. The minimum atomic E-state index is -0.270. The second-order valence-corrected chi connectivity index (χ2v) is 8.19. The summed E-state index contributed by atoms with van der Waals surface area (Å²) in [4.78, 5) is 17.6. The van der Waals surface area contributed by atoms with Crippen molar-refractivity contribution in [2.45, 2.75) is 39.3 Å². The van der Waals surface area contributed by atoms with Gasteiger partial charge in [0.1, 0.15) is 11.6 Å². The Bertz CT molecular complexity index is 1270. The predicted molar refractivity (Wildman–Crippen MR) is 129 cm³/mol. The number of halogens is 1. The second kappa shape index (κ2) is 9.50. The van der Waals surface area contributed by atoms with Crippen molar-refractivity contribution in [2.24, 2.45) is 0 Å². The summed E-state index contributed by atoms with van der Waals surface area (Å²) < 4.78 is 15.2. The van der Waals surface area contributed by atoms with Gasteiger partial charge >= 0.3 is 0 Å². The molecule has 1 unspecified atom stereocenters. The van der Waals surface area contributed by atoms with Crippen LogP contribution in [0.2, 0.25) is 0 Å². The van der Waals surface area contributed by atoms with Crippen LogP contribution in [0.25, 0.3) is 16.6 Å². The van der Waals surface area contributed by atoms with Gasteiger partial charge in [0, 0.05) is 37.6 Å². The van der Waals surface area contributed by atoms with E-state index in [1.54, 1.807) is 30.3 Å². The molecule has 0 saturated heterocycles. The topological polar surface area (TPSA) is 63.1 Å². The van der Waals surface area contributed by atoms with Crippen LogP contribution in [0.5, 0.6) is 0 Å². The Balaban J connectivity index is 1.62. The van der Waals surface area contributed by atoms with Gasteiger partial charge in [-0.05, 0) is 66.9 Å². The maximum absolute atomic E-state index is 13.4. The summed E-state index contributed by atoms with van der Waals surface area (Å²) in [5.41, 5.74) is 4.00. The molecule has 0 fully saturated rings. The molecule has 1 amide bonds. The van der Waals surface area contributed by atoms with Crippen molar-refractivity contribution in [3.63, 3.8) is 0 Å². The van der Waals surface area contributed by atoms with Crippen LogP contribution < -0.4 is 10.2 Å². The van der Waals surface area contributed by atoms with Gasteiger partial charge in [0.2, 0.25) is 5.91 Å². The zero-order valence-electron chi connectivity index (χ0n) is 19.3. The van der Waals surface area contributed by atoms with Gasteiger partial charge in [-0.15, -0.1) is 0 Å². The zero-order chi connectivity index (χ0) is 23.5. The number of amides is 1. The third-order valence-electron chi connectivity index (χ3n) is 6.03. The number of fused-ring (bicyclic) bond motifs is 1. The van der Waals surface area contributed by atoms with Crippen molar-refractivity contribution in [2.75, 3.05) is 11.9 Å². The van der Waals surface area contributed by atoms with E-state index in [1.807, 2.05) is 35.1 Å². The number of nitrogens with zero attached hydrogens (tertiary/aromatic N) is 4. The molecule has 2 aromatic carbocycles. The van der Waals surface area contributed by atoms with Crippen LogP contribution in [-0.4, -0.2) is 27.7 Å². The molecule has 4 aromatic rings. The molecule has 0 saturated carbocycles. The summed E-state index contributed by atoms with van der Waals surface area (Å²) in [7, 11) is 1.73. The lowest BCUT2D eigenvalue weighted by molar-refractivity contribution is -0.116. The number of hydrogen-bond acceptors (Lipinski definition) is 4. The Hall–Kier alpha value is -3.58. The highest BCUT2D eigenvalue weighted by atomic mass is 19.1. The zero-order valence-corrected chi connectivity index (χ0v) is 19.3. The molecule has 4 rings (SSSR count). The molecule has 0 radical (unpaired) electrons. The van der Waals surface area contributed by atoms with E-state index in [0.29, 0.717) is 5.82 Å². The summed E-state index contributed by atoms with van der Waals surface area (Å²) in [6.45, 7) is 5.79. The van der Waals surface area contributed by atoms with Gasteiger partial charge in [-0.1, -0.05) is 19.1 Å². The minimum absolute atomic E-state index is 0.0478. The van der Waals surface area contributed by atoms with Crippen LogP contribution in [0, 0.1) is 5.82 Å². The number of aromatic nitrogens is 3. The number of benzene rings is 2. The number of carbonyl (C=O) groups is 1. The van der Waals surface area contributed by atoms with Crippen LogP contribution in [0.15, 0.2) is 67.0 Å². The first-order valence-corrected chi connectivity index (χ1v) is 11.1. The standard InChI is InChI=1S/C26H28FN5O/c1-5-24(19-13-14-28-26(15-19)31(4)18(3)33)30-17(2)22-7-6-8-25-23(22)16-29-32(25)21-11-9-20(27)10-12-21/h6-17,24,30H,5H2,1-4H3/t17?,24-/m0/s1. The van der Waals surface area contributed by atoms with Gasteiger partial charge in [0.05, 0.1) is 17.4 Å². The average Bonchev–Trinajstić information content (AvgIpc) is 3.26. The molecule has 0 aliphatic carbocycles. The molecular formula is C26H28FN5O. The number of rotatable bonds is 7.